The number of sulfonamides is 1. The number of ether oxygens (including phenoxy) is 1. The van der Waals surface area contributed by atoms with E-state index in [0.29, 0.717) is 0 Å². The van der Waals surface area contributed by atoms with Crippen LogP contribution in [0.2, 0.25) is 0 Å². The number of aliphatic carboxylic acids is 1. The largest absolute Gasteiger partial charge is 0.481 e. The van der Waals surface area contributed by atoms with Gasteiger partial charge in [-0.05, 0) is 30.5 Å². The third kappa shape index (κ3) is 5.27. The molecule has 0 aromatic heterocycles. The molecule has 1 rings (SSSR count). The van der Waals surface area contributed by atoms with E-state index < -0.39 is 44.2 Å². The summed E-state index contributed by atoms with van der Waals surface area (Å²) in [7, 11) is -3.17. The molecule has 0 aliphatic carbocycles. The number of halogens is 1. The Morgan fingerprint density at radius 1 is 1.33 bits per heavy atom. The molecular weight excluding hydrogens is 341 g/mol. The Kier molecular flexibility index (Phi) is 6.85. The van der Waals surface area contributed by atoms with Gasteiger partial charge < -0.3 is 9.84 Å². The number of carboxylic acids is 1. The van der Waals surface area contributed by atoms with Crippen molar-refractivity contribution in [3.8, 4) is 0 Å². The number of rotatable bonds is 8. The van der Waals surface area contributed by atoms with Crippen molar-refractivity contribution in [1.29, 1.82) is 0 Å². The fourth-order valence-corrected chi connectivity index (χ4v) is 3.39. The van der Waals surface area contributed by atoms with Gasteiger partial charge in [-0.3, -0.25) is 4.79 Å². The zero-order valence-electron chi connectivity index (χ0n) is 13.6. The fourth-order valence-electron chi connectivity index (χ4n) is 2.13. The summed E-state index contributed by atoms with van der Waals surface area (Å²) in [4.78, 5) is 22.4. The van der Waals surface area contributed by atoms with E-state index in [-0.39, 0.29) is 18.9 Å². The lowest BCUT2D eigenvalue weighted by molar-refractivity contribution is -0.142. The van der Waals surface area contributed by atoms with Crippen LogP contribution in [0.1, 0.15) is 30.6 Å². The van der Waals surface area contributed by atoms with Crippen molar-refractivity contribution in [2.75, 3.05) is 13.7 Å². The molecule has 2 N–H and O–H groups in total. The standard InChI is InChI=1S/C15H20FNO6S/c1-9(2)6-10(14(18)19)8-17-24(21,22)13-5-4-11(16)7-12(13)15(20)23-3/h4-5,7,9-10,17H,6,8H2,1-3H3,(H,18,19). The number of hydrogen-bond donors (Lipinski definition) is 2. The SMILES string of the molecule is COC(=O)c1cc(F)ccc1S(=O)(=O)NCC(CC(C)C)C(=O)O. The molecule has 0 aliphatic heterocycles. The van der Waals surface area contributed by atoms with Crippen molar-refractivity contribution >= 4 is 22.0 Å². The van der Waals surface area contributed by atoms with Crippen LogP contribution in [0, 0.1) is 17.7 Å². The highest BCUT2D eigenvalue weighted by Gasteiger charge is 2.26. The van der Waals surface area contributed by atoms with Gasteiger partial charge in [0.2, 0.25) is 10.0 Å². The number of carbonyl (C=O) groups is 2. The smallest absolute Gasteiger partial charge is 0.339 e. The van der Waals surface area contributed by atoms with E-state index in [1.807, 2.05) is 13.8 Å². The third-order valence-electron chi connectivity index (χ3n) is 3.26. The summed E-state index contributed by atoms with van der Waals surface area (Å²) < 4.78 is 44.6. The van der Waals surface area contributed by atoms with E-state index in [1.54, 1.807) is 0 Å². The van der Waals surface area contributed by atoms with Crippen molar-refractivity contribution in [2.45, 2.75) is 25.2 Å². The highest BCUT2D eigenvalue weighted by molar-refractivity contribution is 7.89. The van der Waals surface area contributed by atoms with Gasteiger partial charge in [-0.25, -0.2) is 22.3 Å². The predicted molar refractivity (Wildman–Crippen MR) is 83.5 cm³/mol. The van der Waals surface area contributed by atoms with Crippen LogP contribution in [-0.2, 0) is 19.6 Å². The average Bonchev–Trinajstić information content (AvgIpc) is 2.49. The Labute approximate surface area is 139 Å². The highest BCUT2D eigenvalue weighted by atomic mass is 32.2. The molecule has 1 unspecified atom stereocenters. The fraction of sp³-hybridized carbons (Fsp3) is 0.467. The molecule has 1 atom stereocenters. The Morgan fingerprint density at radius 3 is 2.46 bits per heavy atom. The van der Waals surface area contributed by atoms with Crippen LogP contribution in [0.25, 0.3) is 0 Å². The van der Waals surface area contributed by atoms with Crippen LogP contribution < -0.4 is 4.72 Å². The summed E-state index contributed by atoms with van der Waals surface area (Å²) >= 11 is 0. The Morgan fingerprint density at radius 2 is 1.96 bits per heavy atom. The average molecular weight is 361 g/mol. The summed E-state index contributed by atoms with van der Waals surface area (Å²) in [5.41, 5.74) is -0.458. The Bertz CT molecular complexity index is 717. The molecule has 134 valence electrons. The first-order chi connectivity index (χ1) is 11.1. The molecule has 9 heteroatoms. The van der Waals surface area contributed by atoms with Gasteiger partial charge in [-0.2, -0.15) is 0 Å². The minimum absolute atomic E-state index is 0.0621. The number of carbonyl (C=O) groups excluding carboxylic acids is 1. The minimum Gasteiger partial charge on any atom is -0.481 e. The minimum atomic E-state index is -4.21. The van der Waals surface area contributed by atoms with Gasteiger partial charge in [-0.1, -0.05) is 13.8 Å². The van der Waals surface area contributed by atoms with Crippen LogP contribution in [-0.4, -0.2) is 39.1 Å². The van der Waals surface area contributed by atoms with Crippen LogP contribution in [0.5, 0.6) is 0 Å². The number of benzene rings is 1. The van der Waals surface area contributed by atoms with Crippen LogP contribution in [0.4, 0.5) is 4.39 Å². The molecule has 0 saturated carbocycles. The molecule has 0 radical (unpaired) electrons. The van der Waals surface area contributed by atoms with Crippen LogP contribution >= 0.6 is 0 Å². The monoisotopic (exact) mass is 361 g/mol. The second-order valence-corrected chi connectivity index (χ2v) is 7.38. The quantitative estimate of drug-likeness (QED) is 0.681. The second kappa shape index (κ2) is 8.20. The zero-order valence-corrected chi connectivity index (χ0v) is 14.4. The maximum Gasteiger partial charge on any atom is 0.339 e. The first-order valence-electron chi connectivity index (χ1n) is 7.18. The molecule has 24 heavy (non-hydrogen) atoms. The number of esters is 1. The van der Waals surface area contributed by atoms with E-state index in [1.165, 1.54) is 0 Å². The van der Waals surface area contributed by atoms with Gasteiger partial charge in [0.15, 0.2) is 0 Å². The molecule has 0 aliphatic rings. The maximum atomic E-state index is 13.3. The van der Waals surface area contributed by atoms with E-state index in [9.17, 15) is 22.4 Å². The van der Waals surface area contributed by atoms with Gasteiger partial charge in [-0.15, -0.1) is 0 Å². The number of carboxylic acid groups (broad SMARTS) is 1. The summed E-state index contributed by atoms with van der Waals surface area (Å²) in [6, 6.07) is 2.58. The maximum absolute atomic E-state index is 13.3. The van der Waals surface area contributed by atoms with Crippen molar-refractivity contribution in [3.63, 3.8) is 0 Å². The number of nitrogens with one attached hydrogen (secondary N) is 1. The lowest BCUT2D eigenvalue weighted by Crippen LogP contribution is -2.34. The molecule has 0 spiro atoms. The van der Waals surface area contributed by atoms with E-state index >= 15 is 0 Å². The van der Waals surface area contributed by atoms with E-state index in [4.69, 9.17) is 5.11 Å². The normalized spacial score (nSPS) is 12.9. The zero-order chi connectivity index (χ0) is 18.5. The van der Waals surface area contributed by atoms with Gasteiger partial charge in [0, 0.05) is 6.54 Å². The first kappa shape index (κ1) is 20.0. The lowest BCUT2D eigenvalue weighted by atomic mass is 9.98. The molecule has 0 heterocycles. The number of hydrogen-bond acceptors (Lipinski definition) is 5. The lowest BCUT2D eigenvalue weighted by Gasteiger charge is -2.16. The summed E-state index contributed by atoms with van der Waals surface area (Å²) in [5.74, 6) is -3.78. The van der Waals surface area contributed by atoms with E-state index in [0.717, 1.165) is 25.3 Å². The van der Waals surface area contributed by atoms with Gasteiger partial charge in [0.25, 0.3) is 0 Å². The van der Waals surface area contributed by atoms with Gasteiger partial charge in [0.05, 0.1) is 23.5 Å². The van der Waals surface area contributed by atoms with Crippen molar-refractivity contribution in [3.05, 3.63) is 29.6 Å². The van der Waals surface area contributed by atoms with Gasteiger partial charge in [0.1, 0.15) is 5.82 Å². The summed E-state index contributed by atoms with van der Waals surface area (Å²) in [6.07, 6.45) is 0.283. The Balaban J connectivity index is 3.08. The van der Waals surface area contributed by atoms with Crippen LogP contribution in [0.15, 0.2) is 23.1 Å². The molecule has 0 saturated heterocycles. The van der Waals surface area contributed by atoms with Crippen molar-refractivity contribution in [2.24, 2.45) is 11.8 Å². The first-order valence-corrected chi connectivity index (χ1v) is 8.67. The molecule has 1 aromatic carbocycles. The Hall–Kier alpha value is -2.00. The third-order valence-corrected chi connectivity index (χ3v) is 4.74. The molecular formula is C15H20FNO6S. The molecule has 0 bridgehead atoms. The van der Waals surface area contributed by atoms with Crippen LogP contribution in [0.3, 0.4) is 0 Å². The summed E-state index contributed by atoms with van der Waals surface area (Å²) in [6.45, 7) is 3.30. The molecule has 1 aromatic rings. The topological polar surface area (TPSA) is 110 Å². The molecule has 0 fully saturated rings. The molecule has 0 amide bonds. The van der Waals surface area contributed by atoms with Gasteiger partial charge >= 0.3 is 11.9 Å². The van der Waals surface area contributed by atoms with E-state index in [2.05, 4.69) is 9.46 Å². The van der Waals surface area contributed by atoms with Crippen molar-refractivity contribution in [1.82, 2.24) is 4.72 Å². The summed E-state index contributed by atoms with van der Waals surface area (Å²) in [5, 5.41) is 9.15. The molecule has 7 nitrogen and oxygen atoms in total. The predicted octanol–water partition coefficient (Wildman–Crippen LogP) is 1.64. The highest BCUT2D eigenvalue weighted by Crippen LogP contribution is 2.19. The number of methoxy groups -OCH3 is 1. The second-order valence-electron chi connectivity index (χ2n) is 5.65. The van der Waals surface area contributed by atoms with Crippen molar-refractivity contribution < 1.29 is 32.2 Å².